The van der Waals surface area contributed by atoms with E-state index in [1.807, 2.05) is 79.4 Å². The fraction of sp³-hybridized carbons (Fsp3) is 0.452. The van der Waals surface area contributed by atoms with Crippen LogP contribution in [0.5, 0.6) is 0 Å². The number of thioether (sulfide) groups is 1. The predicted molar refractivity (Wildman–Crippen MR) is 154 cm³/mol. The second kappa shape index (κ2) is 9.52. The Bertz CT molecular complexity index is 1410. The molecule has 0 radical (unpaired) electrons. The summed E-state index contributed by atoms with van der Waals surface area (Å²) in [6.45, 7) is 7.11. The minimum Gasteiger partial charge on any atom is -0.394 e. The van der Waals surface area contributed by atoms with Crippen LogP contribution in [0.15, 0.2) is 66.8 Å². The van der Waals surface area contributed by atoms with E-state index in [2.05, 4.69) is 6.08 Å². The third kappa shape index (κ3) is 3.79. The minimum absolute atomic E-state index is 0.0270. The van der Waals surface area contributed by atoms with Gasteiger partial charge in [0.15, 0.2) is 0 Å². The number of hydrogen-bond acceptors (Lipinski definition) is 5. The van der Waals surface area contributed by atoms with E-state index in [0.717, 1.165) is 22.9 Å². The van der Waals surface area contributed by atoms with Gasteiger partial charge in [-0.3, -0.25) is 14.4 Å². The summed E-state index contributed by atoms with van der Waals surface area (Å²) in [6.07, 6.45) is 8.96. The van der Waals surface area contributed by atoms with Crippen molar-refractivity contribution in [3.8, 4) is 0 Å². The van der Waals surface area contributed by atoms with Crippen LogP contribution >= 0.6 is 11.8 Å². The van der Waals surface area contributed by atoms with Crippen LogP contribution in [-0.4, -0.2) is 80.4 Å². The van der Waals surface area contributed by atoms with Gasteiger partial charge in [-0.1, -0.05) is 61.6 Å². The molecule has 6 atom stereocenters. The lowest BCUT2D eigenvalue weighted by Crippen LogP contribution is -2.56. The molecule has 4 aliphatic heterocycles. The summed E-state index contributed by atoms with van der Waals surface area (Å²) < 4.78 is -1.55. The largest absolute Gasteiger partial charge is 0.394 e. The first-order valence-corrected chi connectivity index (χ1v) is 14.6. The molecule has 2 aromatic rings. The molecule has 1 unspecified atom stereocenters. The third-order valence-electron chi connectivity index (χ3n) is 8.86. The molecule has 0 bridgehead atoms. The highest BCUT2D eigenvalue weighted by Gasteiger charge is 2.74. The van der Waals surface area contributed by atoms with Crippen molar-refractivity contribution in [2.24, 2.45) is 11.8 Å². The number of likely N-dealkylation sites (tertiary alicyclic amines) is 1. The molecule has 7 nitrogen and oxygen atoms in total. The lowest BCUT2D eigenvalue weighted by molar-refractivity contribution is -0.145. The van der Waals surface area contributed by atoms with Crippen molar-refractivity contribution in [1.29, 1.82) is 0 Å². The van der Waals surface area contributed by atoms with Gasteiger partial charge < -0.3 is 19.8 Å². The molecule has 3 amide bonds. The van der Waals surface area contributed by atoms with Crippen molar-refractivity contribution >= 4 is 45.9 Å². The summed E-state index contributed by atoms with van der Waals surface area (Å²) in [4.78, 5) is 48.1. The maximum absolute atomic E-state index is 14.6. The number of rotatable bonds is 5. The first-order valence-electron chi connectivity index (χ1n) is 13.8. The number of carbonyl (C=O) groups excluding carboxylic acids is 3. The van der Waals surface area contributed by atoms with E-state index in [4.69, 9.17) is 0 Å². The molecular formula is C31H35N3O4S. The number of nitrogens with zero attached hydrogens (tertiary/aromatic N) is 3. The van der Waals surface area contributed by atoms with Crippen LogP contribution < -0.4 is 4.90 Å². The Morgan fingerprint density at radius 3 is 2.46 bits per heavy atom. The van der Waals surface area contributed by atoms with E-state index in [0.29, 0.717) is 19.6 Å². The van der Waals surface area contributed by atoms with Gasteiger partial charge in [0, 0.05) is 30.1 Å². The SMILES string of the molecule is CCCN1CC=C[C@@]2(C)S[C@]34C=CCN(c5ccc6ccccc6c5)C(=O)C3N([C@H](C)CO)C(=O)[C@@H]4[C@H]2C1=O. The topological polar surface area (TPSA) is 81.2 Å². The summed E-state index contributed by atoms with van der Waals surface area (Å²) in [7, 11) is 0. The van der Waals surface area contributed by atoms with Crippen LogP contribution in [0.4, 0.5) is 5.69 Å². The van der Waals surface area contributed by atoms with E-state index in [9.17, 15) is 19.5 Å². The summed E-state index contributed by atoms with van der Waals surface area (Å²) in [5.74, 6) is -1.72. The van der Waals surface area contributed by atoms with Gasteiger partial charge in [0.25, 0.3) is 5.91 Å². The molecule has 4 heterocycles. The number of hydrogen-bond donors (Lipinski definition) is 1. The van der Waals surface area contributed by atoms with Crippen molar-refractivity contribution < 1.29 is 19.5 Å². The van der Waals surface area contributed by atoms with Crippen molar-refractivity contribution in [2.45, 2.75) is 48.8 Å². The van der Waals surface area contributed by atoms with Gasteiger partial charge in [-0.2, -0.15) is 0 Å². The fourth-order valence-electron chi connectivity index (χ4n) is 7.12. The molecule has 1 N–H and O–H groups in total. The molecule has 0 aromatic heterocycles. The highest BCUT2D eigenvalue weighted by Crippen LogP contribution is 2.65. The molecule has 0 saturated carbocycles. The van der Waals surface area contributed by atoms with Gasteiger partial charge in [0.2, 0.25) is 11.8 Å². The average molecular weight is 546 g/mol. The molecule has 39 heavy (non-hydrogen) atoms. The Morgan fingerprint density at radius 2 is 1.72 bits per heavy atom. The predicted octanol–water partition coefficient (Wildman–Crippen LogP) is 3.62. The van der Waals surface area contributed by atoms with Crippen molar-refractivity contribution in [2.75, 3.05) is 31.1 Å². The third-order valence-corrected chi connectivity index (χ3v) is 10.7. The van der Waals surface area contributed by atoms with Crippen LogP contribution in [-0.2, 0) is 14.4 Å². The lowest BCUT2D eigenvalue weighted by Gasteiger charge is -2.38. The minimum atomic E-state index is -0.919. The fourth-order valence-corrected chi connectivity index (χ4v) is 9.27. The van der Waals surface area contributed by atoms with E-state index < -0.39 is 33.4 Å². The summed E-state index contributed by atoms with van der Waals surface area (Å²) in [6, 6.07) is 12.6. The first kappa shape index (κ1) is 26.1. The van der Waals surface area contributed by atoms with Crippen LogP contribution in [0.25, 0.3) is 10.8 Å². The number of aliphatic hydroxyl groups is 1. The zero-order valence-corrected chi connectivity index (χ0v) is 23.4. The molecule has 204 valence electrons. The number of anilines is 1. The normalized spacial score (nSPS) is 32.8. The lowest BCUT2D eigenvalue weighted by atomic mass is 9.74. The number of aliphatic hydroxyl groups excluding tert-OH is 1. The second-order valence-electron chi connectivity index (χ2n) is 11.3. The van der Waals surface area contributed by atoms with Gasteiger partial charge >= 0.3 is 0 Å². The molecule has 0 aliphatic carbocycles. The van der Waals surface area contributed by atoms with Crippen molar-refractivity contribution in [1.82, 2.24) is 9.80 Å². The van der Waals surface area contributed by atoms with Crippen LogP contribution in [0.2, 0.25) is 0 Å². The van der Waals surface area contributed by atoms with Crippen molar-refractivity contribution in [3.63, 3.8) is 0 Å². The van der Waals surface area contributed by atoms with E-state index in [1.54, 1.807) is 28.5 Å². The van der Waals surface area contributed by atoms with Gasteiger partial charge in [-0.25, -0.2) is 0 Å². The summed E-state index contributed by atoms with van der Waals surface area (Å²) in [5, 5.41) is 12.3. The maximum Gasteiger partial charge on any atom is 0.251 e. The Morgan fingerprint density at radius 1 is 0.974 bits per heavy atom. The van der Waals surface area contributed by atoms with Crippen LogP contribution in [0.3, 0.4) is 0 Å². The van der Waals surface area contributed by atoms with E-state index in [-0.39, 0.29) is 24.3 Å². The van der Waals surface area contributed by atoms with Crippen LogP contribution in [0.1, 0.15) is 27.2 Å². The maximum atomic E-state index is 14.6. The molecule has 2 aromatic carbocycles. The van der Waals surface area contributed by atoms with Crippen LogP contribution in [0, 0.1) is 11.8 Å². The van der Waals surface area contributed by atoms with Gasteiger partial charge in [-0.05, 0) is 43.2 Å². The number of carbonyl (C=O) groups is 3. The molecule has 2 saturated heterocycles. The Balaban J connectivity index is 1.48. The Labute approximate surface area is 233 Å². The van der Waals surface area contributed by atoms with Gasteiger partial charge in [0.1, 0.15) is 6.04 Å². The highest BCUT2D eigenvalue weighted by molar-refractivity contribution is 8.02. The molecular weight excluding hydrogens is 510 g/mol. The Hall–Kier alpha value is -3.10. The van der Waals surface area contributed by atoms with Gasteiger partial charge in [-0.15, -0.1) is 11.8 Å². The molecule has 2 fully saturated rings. The molecule has 1 spiro atoms. The zero-order valence-electron chi connectivity index (χ0n) is 22.6. The van der Waals surface area contributed by atoms with E-state index >= 15 is 0 Å². The summed E-state index contributed by atoms with van der Waals surface area (Å²) >= 11 is 1.58. The van der Waals surface area contributed by atoms with Crippen molar-refractivity contribution in [3.05, 3.63) is 66.8 Å². The smallest absolute Gasteiger partial charge is 0.251 e. The standard InChI is InChI=1S/C31H35N3O4S/c1-4-15-32-16-7-13-30(3)24(27(32)36)25-28(37)34(20(2)19-35)26-29(38)33(17-8-14-31(25,26)39-30)23-12-11-21-9-5-6-10-22(21)18-23/h5-14,18,20,24-26,35H,4,15-17,19H2,1-3H3/t20-,24+,25+,26?,30-,31+/m1/s1. The molecule has 6 rings (SSSR count). The average Bonchev–Trinajstić information content (AvgIpc) is 3.21. The molecule has 4 aliphatic rings. The number of benzene rings is 2. The second-order valence-corrected chi connectivity index (χ2v) is 13.1. The number of amides is 3. The first-order chi connectivity index (χ1) is 18.8. The zero-order chi connectivity index (χ0) is 27.5. The summed E-state index contributed by atoms with van der Waals surface area (Å²) in [5.41, 5.74) is 0.765. The highest BCUT2D eigenvalue weighted by atomic mass is 32.2. The Kier molecular flexibility index (Phi) is 6.38. The monoisotopic (exact) mass is 545 g/mol. The van der Waals surface area contributed by atoms with E-state index in [1.165, 1.54) is 0 Å². The van der Waals surface area contributed by atoms with Gasteiger partial charge in [0.05, 0.1) is 29.2 Å². The number of fused-ring (bicyclic) bond motifs is 3. The molecule has 8 heteroatoms. The quantitative estimate of drug-likeness (QED) is 0.581.